The van der Waals surface area contributed by atoms with E-state index in [1.165, 1.54) is 16.4 Å². The quantitative estimate of drug-likeness (QED) is 0.448. The van der Waals surface area contributed by atoms with Crippen LogP contribution in [0.4, 0.5) is 11.4 Å². The van der Waals surface area contributed by atoms with Gasteiger partial charge in [0.1, 0.15) is 5.69 Å². The molecule has 2 aromatic rings. The number of nitriles is 1. The van der Waals surface area contributed by atoms with Crippen molar-refractivity contribution >= 4 is 27.3 Å². The Morgan fingerprint density at radius 3 is 2.21 bits per heavy atom. The lowest BCUT2D eigenvalue weighted by atomic mass is 10.1. The van der Waals surface area contributed by atoms with Crippen LogP contribution in [0.3, 0.4) is 0 Å². The second-order valence-electron chi connectivity index (χ2n) is 7.47. The highest BCUT2D eigenvalue weighted by molar-refractivity contribution is 7.89. The van der Waals surface area contributed by atoms with Gasteiger partial charge in [0.15, 0.2) is 0 Å². The van der Waals surface area contributed by atoms with E-state index in [4.69, 9.17) is 5.26 Å². The largest absolute Gasteiger partial charge is 0.362 e. The number of carbonyl (C=O) groups excluding carboxylic acids is 1. The number of anilines is 1. The summed E-state index contributed by atoms with van der Waals surface area (Å²) < 4.78 is 26.8. The first kappa shape index (κ1) is 24.2. The minimum absolute atomic E-state index is 0.115. The molecule has 1 amide bonds. The molecule has 174 valence electrons. The van der Waals surface area contributed by atoms with Crippen molar-refractivity contribution in [1.82, 2.24) is 9.21 Å². The molecule has 0 aromatic heterocycles. The van der Waals surface area contributed by atoms with Crippen LogP contribution in [-0.4, -0.2) is 67.7 Å². The monoisotopic (exact) mass is 471 g/mol. The average molecular weight is 472 g/mol. The van der Waals surface area contributed by atoms with Crippen LogP contribution in [-0.2, 0) is 10.0 Å². The molecule has 1 aliphatic rings. The number of nitrogens with zero attached hydrogens (tertiary/aromatic N) is 5. The van der Waals surface area contributed by atoms with E-state index in [0.717, 1.165) is 6.07 Å². The topological polar surface area (TPSA) is 128 Å². The van der Waals surface area contributed by atoms with Crippen LogP contribution in [0.2, 0.25) is 0 Å². The van der Waals surface area contributed by atoms with Crippen molar-refractivity contribution in [3.63, 3.8) is 0 Å². The molecule has 0 bridgehead atoms. The maximum absolute atomic E-state index is 12.8. The Kier molecular flexibility index (Phi) is 7.30. The lowest BCUT2D eigenvalue weighted by Gasteiger charge is -2.36. The molecule has 1 heterocycles. The minimum atomic E-state index is -3.82. The van der Waals surface area contributed by atoms with E-state index in [1.807, 2.05) is 6.07 Å². The highest BCUT2D eigenvalue weighted by atomic mass is 32.2. The molecule has 0 unspecified atom stereocenters. The third-order valence-electron chi connectivity index (χ3n) is 5.66. The van der Waals surface area contributed by atoms with Crippen molar-refractivity contribution < 1.29 is 18.1 Å². The van der Waals surface area contributed by atoms with Crippen molar-refractivity contribution in [2.45, 2.75) is 18.7 Å². The smallest absolute Gasteiger partial charge is 0.293 e. The SMILES string of the molecule is CCN(CC)S(=O)(=O)c1ccc(N2CCN(C(=O)c3ccc(C#N)cc3)CC2)c([N+](=O)[O-])c1. The number of carbonyl (C=O) groups is 1. The lowest BCUT2D eigenvalue weighted by molar-refractivity contribution is -0.384. The molecule has 33 heavy (non-hydrogen) atoms. The fraction of sp³-hybridized carbons (Fsp3) is 0.364. The van der Waals surface area contributed by atoms with Gasteiger partial charge in [-0.2, -0.15) is 9.57 Å². The maximum atomic E-state index is 12.8. The zero-order valence-electron chi connectivity index (χ0n) is 18.5. The molecule has 0 N–H and O–H groups in total. The summed E-state index contributed by atoms with van der Waals surface area (Å²) in [5.41, 5.74) is 0.980. The first-order valence-corrected chi connectivity index (χ1v) is 12.0. The van der Waals surface area contributed by atoms with Gasteiger partial charge >= 0.3 is 0 Å². The number of piperazine rings is 1. The van der Waals surface area contributed by atoms with E-state index in [9.17, 15) is 23.3 Å². The molecule has 0 radical (unpaired) electrons. The lowest BCUT2D eigenvalue weighted by Crippen LogP contribution is -2.49. The van der Waals surface area contributed by atoms with E-state index in [2.05, 4.69) is 0 Å². The number of amides is 1. The fourth-order valence-corrected chi connectivity index (χ4v) is 5.29. The highest BCUT2D eigenvalue weighted by Crippen LogP contribution is 2.32. The average Bonchev–Trinajstić information content (AvgIpc) is 2.84. The molecule has 11 heteroatoms. The summed E-state index contributed by atoms with van der Waals surface area (Å²) in [4.78, 5) is 27.2. The molecule has 3 rings (SSSR count). The Morgan fingerprint density at radius 1 is 1.09 bits per heavy atom. The molecular formula is C22H25N5O5S. The summed E-state index contributed by atoms with van der Waals surface area (Å²) in [6, 6.07) is 12.4. The number of nitro groups is 1. The summed E-state index contributed by atoms with van der Waals surface area (Å²) in [5, 5.41) is 20.6. The summed E-state index contributed by atoms with van der Waals surface area (Å²) in [6.07, 6.45) is 0. The Labute approximate surface area is 192 Å². The molecular weight excluding hydrogens is 446 g/mol. The van der Waals surface area contributed by atoms with Crippen LogP contribution in [0.15, 0.2) is 47.4 Å². The van der Waals surface area contributed by atoms with Crippen molar-refractivity contribution in [2.75, 3.05) is 44.2 Å². The van der Waals surface area contributed by atoms with E-state index in [0.29, 0.717) is 43.0 Å². The van der Waals surface area contributed by atoms with Gasteiger partial charge in [-0.15, -0.1) is 0 Å². The van der Waals surface area contributed by atoms with Crippen LogP contribution in [0.25, 0.3) is 0 Å². The van der Waals surface area contributed by atoms with Crippen molar-refractivity contribution in [1.29, 1.82) is 5.26 Å². The summed E-state index contributed by atoms with van der Waals surface area (Å²) >= 11 is 0. The van der Waals surface area contributed by atoms with Gasteiger partial charge in [0.25, 0.3) is 11.6 Å². The second-order valence-corrected chi connectivity index (χ2v) is 9.40. The fourth-order valence-electron chi connectivity index (χ4n) is 3.81. The predicted molar refractivity (Wildman–Crippen MR) is 122 cm³/mol. The summed E-state index contributed by atoms with van der Waals surface area (Å²) in [6.45, 7) is 5.40. The van der Waals surface area contributed by atoms with E-state index in [1.54, 1.807) is 47.9 Å². The first-order valence-electron chi connectivity index (χ1n) is 10.6. The third-order valence-corrected chi connectivity index (χ3v) is 7.70. The van der Waals surface area contributed by atoms with Gasteiger partial charge in [-0.25, -0.2) is 8.42 Å². The van der Waals surface area contributed by atoms with Gasteiger partial charge in [-0.1, -0.05) is 13.8 Å². The normalized spacial score (nSPS) is 14.2. The van der Waals surface area contributed by atoms with Crippen LogP contribution >= 0.6 is 0 Å². The van der Waals surface area contributed by atoms with E-state index in [-0.39, 0.29) is 29.6 Å². The highest BCUT2D eigenvalue weighted by Gasteiger charge is 2.29. The third kappa shape index (κ3) is 4.97. The van der Waals surface area contributed by atoms with Gasteiger partial charge in [0, 0.05) is 50.9 Å². The second kappa shape index (κ2) is 9.97. The maximum Gasteiger partial charge on any atom is 0.293 e. The molecule has 10 nitrogen and oxygen atoms in total. The number of sulfonamides is 1. The Bertz CT molecular complexity index is 1180. The standard InChI is InChI=1S/C22H25N5O5S/c1-3-26(4-2)33(31,32)19-9-10-20(21(15-19)27(29)30)24-11-13-25(14-12-24)22(28)18-7-5-17(16-23)6-8-18/h5-10,15H,3-4,11-14H2,1-2H3. The molecule has 2 aromatic carbocycles. The van der Waals surface area contributed by atoms with Crippen LogP contribution in [0, 0.1) is 21.4 Å². The number of nitro benzene ring substituents is 1. The molecule has 0 saturated carbocycles. The Morgan fingerprint density at radius 2 is 1.70 bits per heavy atom. The molecule has 1 aliphatic heterocycles. The van der Waals surface area contributed by atoms with Gasteiger partial charge in [-0.3, -0.25) is 14.9 Å². The number of benzene rings is 2. The first-order chi connectivity index (χ1) is 15.7. The van der Waals surface area contributed by atoms with Gasteiger partial charge < -0.3 is 9.80 Å². The Balaban J connectivity index is 1.78. The van der Waals surface area contributed by atoms with Gasteiger partial charge in [0.05, 0.1) is 21.5 Å². The van der Waals surface area contributed by atoms with Crippen LogP contribution in [0.1, 0.15) is 29.8 Å². The molecule has 1 fully saturated rings. The summed E-state index contributed by atoms with van der Waals surface area (Å²) in [7, 11) is -3.82. The molecule has 0 spiro atoms. The van der Waals surface area contributed by atoms with Crippen LogP contribution in [0.5, 0.6) is 0 Å². The van der Waals surface area contributed by atoms with Crippen molar-refractivity contribution in [3.8, 4) is 6.07 Å². The van der Waals surface area contributed by atoms with Gasteiger partial charge in [-0.05, 0) is 36.4 Å². The van der Waals surface area contributed by atoms with E-state index >= 15 is 0 Å². The number of hydrogen-bond donors (Lipinski definition) is 0. The minimum Gasteiger partial charge on any atom is -0.362 e. The number of hydrogen-bond acceptors (Lipinski definition) is 7. The molecule has 1 saturated heterocycles. The predicted octanol–water partition coefficient (Wildman–Crippen LogP) is 2.46. The molecule has 0 atom stereocenters. The Hall–Kier alpha value is -3.49. The zero-order valence-corrected chi connectivity index (χ0v) is 19.3. The summed E-state index contributed by atoms with van der Waals surface area (Å²) in [5.74, 6) is -0.172. The zero-order chi connectivity index (χ0) is 24.2. The van der Waals surface area contributed by atoms with Crippen molar-refractivity contribution in [3.05, 3.63) is 63.7 Å². The molecule has 0 aliphatic carbocycles. The van der Waals surface area contributed by atoms with Gasteiger partial charge in [0.2, 0.25) is 10.0 Å². The number of rotatable bonds is 7. The van der Waals surface area contributed by atoms with Crippen molar-refractivity contribution in [2.24, 2.45) is 0 Å². The van der Waals surface area contributed by atoms with E-state index < -0.39 is 14.9 Å². The van der Waals surface area contributed by atoms with Crippen LogP contribution < -0.4 is 4.90 Å².